The minimum Gasteiger partial charge on any atom is -0.477 e. The molecule has 5 nitrogen and oxygen atoms in total. The Labute approximate surface area is 138 Å². The molecule has 0 radical (unpaired) electrons. The second kappa shape index (κ2) is 6.17. The van der Waals surface area contributed by atoms with Crippen molar-refractivity contribution in [2.75, 3.05) is 0 Å². The highest BCUT2D eigenvalue weighted by Crippen LogP contribution is 2.32. The van der Waals surface area contributed by atoms with E-state index in [-0.39, 0.29) is 20.1 Å². The summed E-state index contributed by atoms with van der Waals surface area (Å²) in [5, 5.41) is 8.91. The summed E-state index contributed by atoms with van der Waals surface area (Å²) in [6.45, 7) is 4.14. The van der Waals surface area contributed by atoms with Gasteiger partial charge in [0, 0.05) is 16.3 Å². The Bertz CT molecular complexity index is 772. The van der Waals surface area contributed by atoms with E-state index in [4.69, 9.17) is 5.11 Å². The zero-order valence-electron chi connectivity index (χ0n) is 11.1. The lowest BCUT2D eigenvalue weighted by molar-refractivity contribution is 0.0702. The highest BCUT2D eigenvalue weighted by Gasteiger charge is 2.23. The number of thiophene rings is 2. The maximum atomic E-state index is 12.2. The van der Waals surface area contributed by atoms with E-state index >= 15 is 0 Å². The summed E-state index contributed by atoms with van der Waals surface area (Å²) in [6, 6.07) is 3.10. The van der Waals surface area contributed by atoms with E-state index < -0.39 is 16.0 Å². The number of aromatic carboxylic acids is 1. The third-order valence-corrected chi connectivity index (χ3v) is 7.60. The second-order valence-corrected chi connectivity index (χ2v) is 9.78. The van der Waals surface area contributed by atoms with Crippen LogP contribution in [0, 0.1) is 13.8 Å². The smallest absolute Gasteiger partial charge is 0.345 e. The number of sulfonamides is 1. The average molecular weight is 410 g/mol. The van der Waals surface area contributed by atoms with Crippen molar-refractivity contribution >= 4 is 54.6 Å². The lowest BCUT2D eigenvalue weighted by atomic mass is 10.3. The fraction of sp³-hybridized carbons (Fsp3) is 0.250. The number of nitrogens with one attached hydrogen (secondary N) is 1. The number of carboxylic acid groups (broad SMARTS) is 1. The number of aryl methyl sites for hydroxylation is 2. The Balaban J connectivity index is 2.20. The van der Waals surface area contributed by atoms with Gasteiger partial charge in [0.15, 0.2) is 0 Å². The van der Waals surface area contributed by atoms with E-state index in [9.17, 15) is 13.2 Å². The van der Waals surface area contributed by atoms with Crippen molar-refractivity contribution in [3.63, 3.8) is 0 Å². The van der Waals surface area contributed by atoms with Gasteiger partial charge < -0.3 is 5.11 Å². The second-order valence-electron chi connectivity index (χ2n) is 4.33. The summed E-state index contributed by atoms with van der Waals surface area (Å²) in [4.78, 5) is 12.9. The first-order chi connectivity index (χ1) is 9.70. The van der Waals surface area contributed by atoms with Crippen molar-refractivity contribution < 1.29 is 18.3 Å². The van der Waals surface area contributed by atoms with Crippen LogP contribution in [0.15, 0.2) is 20.8 Å². The first kappa shape index (κ1) is 16.6. The SMILES string of the molecule is Cc1cc(CNS(=O)(=O)c2cc(C(=O)O)sc2Br)sc1C. The lowest BCUT2D eigenvalue weighted by Crippen LogP contribution is -2.22. The number of carboxylic acids is 1. The molecule has 0 saturated carbocycles. The van der Waals surface area contributed by atoms with Gasteiger partial charge in [-0.15, -0.1) is 22.7 Å². The molecule has 0 aliphatic carbocycles. The Morgan fingerprint density at radius 1 is 1.33 bits per heavy atom. The molecular weight excluding hydrogens is 398 g/mol. The van der Waals surface area contributed by atoms with Gasteiger partial charge in [0.05, 0.1) is 3.79 Å². The van der Waals surface area contributed by atoms with Gasteiger partial charge in [-0.25, -0.2) is 17.9 Å². The molecule has 21 heavy (non-hydrogen) atoms. The summed E-state index contributed by atoms with van der Waals surface area (Å²) in [5.41, 5.74) is 1.12. The number of halogens is 1. The molecule has 0 aliphatic heterocycles. The molecule has 0 amide bonds. The van der Waals surface area contributed by atoms with Crippen LogP contribution >= 0.6 is 38.6 Å². The maximum absolute atomic E-state index is 12.2. The highest BCUT2D eigenvalue weighted by atomic mass is 79.9. The summed E-state index contributed by atoms with van der Waals surface area (Å²) in [5.74, 6) is -1.15. The largest absolute Gasteiger partial charge is 0.477 e. The molecule has 2 aromatic heterocycles. The number of hydrogen-bond donors (Lipinski definition) is 2. The van der Waals surface area contributed by atoms with Crippen molar-refractivity contribution in [2.45, 2.75) is 25.3 Å². The van der Waals surface area contributed by atoms with Gasteiger partial charge in [0.2, 0.25) is 10.0 Å². The third-order valence-electron chi connectivity index (χ3n) is 2.81. The van der Waals surface area contributed by atoms with E-state index in [1.165, 1.54) is 11.3 Å². The summed E-state index contributed by atoms with van der Waals surface area (Å²) < 4.78 is 27.2. The van der Waals surface area contributed by atoms with Crippen LogP contribution in [0.2, 0.25) is 0 Å². The minimum atomic E-state index is -3.75. The summed E-state index contributed by atoms with van der Waals surface area (Å²) in [6.07, 6.45) is 0. The number of carbonyl (C=O) groups is 1. The minimum absolute atomic E-state index is 0.0231. The predicted molar refractivity (Wildman–Crippen MR) is 86.8 cm³/mol. The standard InChI is InChI=1S/C12H12BrNO4S3/c1-6-3-8(19-7(6)2)5-14-21(17,18)10-4-9(12(15)16)20-11(10)13/h3-4,14H,5H2,1-2H3,(H,15,16). The quantitative estimate of drug-likeness (QED) is 0.792. The molecule has 2 heterocycles. The third kappa shape index (κ3) is 3.72. The van der Waals surface area contributed by atoms with Crippen LogP contribution in [-0.2, 0) is 16.6 Å². The molecule has 0 aliphatic rings. The van der Waals surface area contributed by atoms with Gasteiger partial charge in [-0.1, -0.05) is 0 Å². The van der Waals surface area contributed by atoms with Gasteiger partial charge in [-0.3, -0.25) is 0 Å². The Hall–Kier alpha value is -0.740. The van der Waals surface area contributed by atoms with Crippen LogP contribution in [0.1, 0.15) is 25.0 Å². The Kier molecular flexibility index (Phi) is 4.89. The van der Waals surface area contributed by atoms with Gasteiger partial charge in [-0.2, -0.15) is 0 Å². The number of rotatable bonds is 5. The first-order valence-electron chi connectivity index (χ1n) is 5.79. The van der Waals surface area contributed by atoms with Crippen LogP contribution in [0.4, 0.5) is 0 Å². The van der Waals surface area contributed by atoms with Gasteiger partial charge in [0.1, 0.15) is 9.77 Å². The molecule has 0 bridgehead atoms. The van der Waals surface area contributed by atoms with Crippen molar-refractivity contribution in [1.82, 2.24) is 4.72 Å². The predicted octanol–water partition coefficient (Wildman–Crippen LogP) is 3.37. The van der Waals surface area contributed by atoms with E-state index in [0.717, 1.165) is 32.7 Å². The highest BCUT2D eigenvalue weighted by molar-refractivity contribution is 9.11. The Morgan fingerprint density at radius 3 is 2.48 bits per heavy atom. The molecule has 0 fully saturated rings. The van der Waals surface area contributed by atoms with E-state index in [2.05, 4.69) is 20.7 Å². The molecule has 0 atom stereocenters. The van der Waals surface area contributed by atoms with E-state index in [0.29, 0.717) is 0 Å². The molecule has 2 aromatic rings. The monoisotopic (exact) mass is 409 g/mol. The molecule has 0 aromatic carbocycles. The lowest BCUT2D eigenvalue weighted by Gasteiger charge is -2.04. The van der Waals surface area contributed by atoms with Gasteiger partial charge >= 0.3 is 5.97 Å². The molecule has 9 heteroatoms. The van der Waals surface area contributed by atoms with Gasteiger partial charge in [-0.05, 0) is 47.5 Å². The Morgan fingerprint density at radius 2 is 2.00 bits per heavy atom. The van der Waals surface area contributed by atoms with Crippen LogP contribution < -0.4 is 4.72 Å². The van der Waals surface area contributed by atoms with Crippen molar-refractivity contribution in [3.8, 4) is 0 Å². The van der Waals surface area contributed by atoms with Crippen LogP contribution in [0.5, 0.6) is 0 Å². The van der Waals surface area contributed by atoms with Crippen LogP contribution in [0.3, 0.4) is 0 Å². The molecular formula is C12H12BrNO4S3. The average Bonchev–Trinajstić information content (AvgIpc) is 2.92. The summed E-state index contributed by atoms with van der Waals surface area (Å²) in [7, 11) is -3.75. The number of hydrogen-bond acceptors (Lipinski definition) is 5. The molecule has 0 unspecified atom stereocenters. The zero-order chi connectivity index (χ0) is 15.8. The van der Waals surface area contributed by atoms with Crippen LogP contribution in [0.25, 0.3) is 0 Å². The van der Waals surface area contributed by atoms with Crippen molar-refractivity contribution in [1.29, 1.82) is 0 Å². The van der Waals surface area contributed by atoms with Crippen molar-refractivity contribution in [3.05, 3.63) is 36.1 Å². The zero-order valence-corrected chi connectivity index (χ0v) is 15.2. The van der Waals surface area contributed by atoms with Gasteiger partial charge in [0.25, 0.3) is 0 Å². The normalized spacial score (nSPS) is 11.8. The first-order valence-corrected chi connectivity index (χ1v) is 9.70. The maximum Gasteiger partial charge on any atom is 0.345 e. The summed E-state index contributed by atoms with van der Waals surface area (Å²) >= 11 is 5.51. The molecule has 114 valence electrons. The fourth-order valence-corrected chi connectivity index (χ4v) is 6.11. The van der Waals surface area contributed by atoms with E-state index in [1.54, 1.807) is 0 Å². The van der Waals surface area contributed by atoms with E-state index in [1.807, 2.05) is 19.9 Å². The molecule has 0 saturated heterocycles. The molecule has 2 rings (SSSR count). The molecule has 0 spiro atoms. The van der Waals surface area contributed by atoms with Crippen LogP contribution in [-0.4, -0.2) is 19.5 Å². The fourth-order valence-electron chi connectivity index (χ4n) is 1.62. The van der Waals surface area contributed by atoms with Crippen molar-refractivity contribution in [2.24, 2.45) is 0 Å². The topological polar surface area (TPSA) is 83.5 Å². The molecule has 2 N–H and O–H groups in total.